The van der Waals surface area contributed by atoms with Crippen LogP contribution in [0.3, 0.4) is 0 Å². The Morgan fingerprint density at radius 1 is 0.867 bits per heavy atom. The molecule has 0 saturated carbocycles. The fraction of sp³-hybridized carbons (Fsp3) is 0.0333. The molecule has 0 atom stereocenters. The largest absolute Gasteiger partial charge is 0.339 e. The molecular formula is C30H20ClN9O3S2. The number of pyridine rings is 1. The monoisotopic (exact) mass is 653 g/mol. The zero-order chi connectivity index (χ0) is 31.6. The van der Waals surface area contributed by atoms with Gasteiger partial charge in [-0.1, -0.05) is 64.4 Å². The van der Waals surface area contributed by atoms with Gasteiger partial charge in [0, 0.05) is 21.8 Å². The number of anilines is 4. The molecular weight excluding hydrogens is 634 g/mol. The normalized spacial score (nSPS) is 11.0. The van der Waals surface area contributed by atoms with Crippen LogP contribution < -0.4 is 10.6 Å². The number of aromatic nitrogens is 1. The van der Waals surface area contributed by atoms with Crippen LogP contribution >= 0.6 is 35.0 Å². The molecule has 45 heavy (non-hydrogen) atoms. The number of thiophene rings is 1. The lowest BCUT2D eigenvalue weighted by molar-refractivity contribution is -0.432. The third-order valence-electron chi connectivity index (χ3n) is 6.00. The van der Waals surface area contributed by atoms with Crippen molar-refractivity contribution >= 4 is 79.4 Å². The van der Waals surface area contributed by atoms with E-state index in [4.69, 9.17) is 21.8 Å². The van der Waals surface area contributed by atoms with E-state index in [1.165, 1.54) is 6.07 Å². The molecule has 0 radical (unpaired) electrons. The van der Waals surface area contributed by atoms with Gasteiger partial charge in [0.1, 0.15) is 28.5 Å². The van der Waals surface area contributed by atoms with Gasteiger partial charge in [0.05, 0.1) is 28.2 Å². The van der Waals surface area contributed by atoms with Crippen LogP contribution in [0.25, 0.3) is 0 Å². The highest BCUT2D eigenvalue weighted by atomic mass is 35.5. The standard InChI is InChI=1S/C30H20ClN9O3S2/c1-18-23(17-33)28(34-20-8-4-2-5-9-20)36-29(35-21-10-6-3-7-11-21)27(18)39-40-30-19(16-32)14-26(44-30)38-37-25-13-12-22(15-24(25)31)45-43-42-41/h2-15,41H,1H3,(H2,34,35,36). The molecule has 12 nitrogen and oxygen atoms in total. The number of hydrogen-bond donors (Lipinski definition) is 3. The second-order valence-electron chi connectivity index (χ2n) is 8.91. The quantitative estimate of drug-likeness (QED) is 0.0542. The van der Waals surface area contributed by atoms with Crippen LogP contribution in [0, 0.1) is 29.6 Å². The molecule has 2 heterocycles. The molecule has 0 aliphatic rings. The summed E-state index contributed by atoms with van der Waals surface area (Å²) in [5.74, 6) is 0.719. The third kappa shape index (κ3) is 7.86. The van der Waals surface area contributed by atoms with Crippen molar-refractivity contribution in [3.8, 4) is 12.1 Å². The summed E-state index contributed by atoms with van der Waals surface area (Å²) in [5.41, 5.74) is 3.29. The Morgan fingerprint density at radius 2 is 1.56 bits per heavy atom. The summed E-state index contributed by atoms with van der Waals surface area (Å²) in [4.78, 5) is 5.28. The maximum absolute atomic E-state index is 10.1. The van der Waals surface area contributed by atoms with Crippen LogP contribution in [0.5, 0.6) is 0 Å². The fourth-order valence-electron chi connectivity index (χ4n) is 3.89. The topological polar surface area (TPSA) is 173 Å². The number of azo groups is 2. The first-order valence-corrected chi connectivity index (χ1v) is 14.8. The van der Waals surface area contributed by atoms with E-state index in [0.717, 1.165) is 34.8 Å². The molecule has 5 rings (SSSR count). The molecule has 0 saturated heterocycles. The van der Waals surface area contributed by atoms with Crippen molar-refractivity contribution in [2.45, 2.75) is 11.8 Å². The van der Waals surface area contributed by atoms with Crippen molar-refractivity contribution in [1.82, 2.24) is 4.98 Å². The number of benzene rings is 3. The van der Waals surface area contributed by atoms with Crippen molar-refractivity contribution in [1.29, 1.82) is 10.5 Å². The van der Waals surface area contributed by atoms with Gasteiger partial charge in [0.25, 0.3) is 0 Å². The van der Waals surface area contributed by atoms with Crippen LogP contribution in [0.15, 0.2) is 110 Å². The second kappa shape index (κ2) is 15.0. The van der Waals surface area contributed by atoms with Gasteiger partial charge in [-0.3, -0.25) is 0 Å². The molecule has 0 aliphatic heterocycles. The lowest BCUT2D eigenvalue weighted by Gasteiger charge is -2.15. The lowest BCUT2D eigenvalue weighted by atomic mass is 10.1. The van der Waals surface area contributed by atoms with E-state index in [1.807, 2.05) is 60.7 Å². The number of halogens is 1. The summed E-state index contributed by atoms with van der Waals surface area (Å²) in [6, 6.07) is 29.5. The van der Waals surface area contributed by atoms with Crippen molar-refractivity contribution in [3.05, 3.63) is 107 Å². The molecule has 2 aromatic heterocycles. The molecule has 0 bridgehead atoms. The van der Waals surface area contributed by atoms with Crippen LogP contribution in [0.2, 0.25) is 5.02 Å². The van der Waals surface area contributed by atoms with Gasteiger partial charge in [-0.15, -0.1) is 24.8 Å². The molecule has 222 valence electrons. The van der Waals surface area contributed by atoms with E-state index in [-0.39, 0.29) is 10.6 Å². The first-order chi connectivity index (χ1) is 22.0. The number of rotatable bonds is 11. The van der Waals surface area contributed by atoms with Gasteiger partial charge in [-0.2, -0.15) is 10.5 Å². The van der Waals surface area contributed by atoms with E-state index in [1.54, 1.807) is 25.1 Å². The molecule has 3 N–H and O–H groups in total. The Kier molecular flexibility index (Phi) is 10.4. The summed E-state index contributed by atoms with van der Waals surface area (Å²) >= 11 is 8.14. The van der Waals surface area contributed by atoms with Gasteiger partial charge < -0.3 is 10.6 Å². The molecule has 0 fully saturated rings. The summed E-state index contributed by atoms with van der Waals surface area (Å²) in [6.07, 6.45) is 0. The lowest BCUT2D eigenvalue weighted by Crippen LogP contribution is -2.04. The van der Waals surface area contributed by atoms with E-state index < -0.39 is 0 Å². The maximum Gasteiger partial charge on any atom is 0.161 e. The number of nitrogens with one attached hydrogen (secondary N) is 2. The minimum Gasteiger partial charge on any atom is -0.339 e. The average Bonchev–Trinajstić information content (AvgIpc) is 3.46. The summed E-state index contributed by atoms with van der Waals surface area (Å²) in [7, 11) is 0. The average molecular weight is 654 g/mol. The van der Waals surface area contributed by atoms with Gasteiger partial charge in [0.15, 0.2) is 16.6 Å². The fourth-order valence-corrected chi connectivity index (χ4v) is 5.33. The summed E-state index contributed by atoms with van der Waals surface area (Å²) in [5, 5.41) is 56.4. The van der Waals surface area contributed by atoms with Gasteiger partial charge in [0.2, 0.25) is 0 Å². The van der Waals surface area contributed by atoms with E-state index in [9.17, 15) is 10.5 Å². The van der Waals surface area contributed by atoms with Crippen LogP contribution in [0.4, 0.5) is 44.4 Å². The molecule has 3 aromatic carbocycles. The molecule has 0 amide bonds. The molecule has 0 spiro atoms. The molecule has 0 aliphatic carbocycles. The molecule has 0 unspecified atom stereocenters. The van der Waals surface area contributed by atoms with Gasteiger partial charge in [-0.25, -0.2) is 10.2 Å². The smallest absolute Gasteiger partial charge is 0.161 e. The Bertz CT molecular complexity index is 1960. The minimum absolute atomic E-state index is 0.239. The van der Waals surface area contributed by atoms with Crippen LogP contribution in [-0.2, 0) is 9.37 Å². The predicted molar refractivity (Wildman–Crippen MR) is 173 cm³/mol. The Labute approximate surface area is 270 Å². The zero-order valence-corrected chi connectivity index (χ0v) is 25.6. The molecule has 15 heteroatoms. The van der Waals surface area contributed by atoms with E-state index in [0.29, 0.717) is 49.0 Å². The van der Waals surface area contributed by atoms with E-state index in [2.05, 4.69) is 52.6 Å². The van der Waals surface area contributed by atoms with Crippen LogP contribution in [-0.4, -0.2) is 10.2 Å². The van der Waals surface area contributed by atoms with Crippen molar-refractivity contribution in [2.24, 2.45) is 20.5 Å². The second-order valence-corrected chi connectivity index (χ2v) is 11.1. The third-order valence-corrected chi connectivity index (χ3v) is 7.78. The SMILES string of the molecule is Cc1c(C#N)c(Nc2ccccc2)nc(Nc2ccccc2)c1N=Nc1sc(N=Nc2ccc(SOOO)cc2Cl)cc1C#N. The van der Waals surface area contributed by atoms with E-state index >= 15 is 0 Å². The zero-order valence-electron chi connectivity index (χ0n) is 23.2. The minimum atomic E-state index is 0.239. The number of nitriles is 2. The predicted octanol–water partition coefficient (Wildman–Crippen LogP) is 10.6. The first kappa shape index (κ1) is 31.2. The Hall–Kier alpha value is -5.19. The maximum atomic E-state index is 10.1. The summed E-state index contributed by atoms with van der Waals surface area (Å²) in [6.45, 7) is 1.76. The van der Waals surface area contributed by atoms with Crippen molar-refractivity contribution in [2.75, 3.05) is 10.6 Å². The van der Waals surface area contributed by atoms with Crippen molar-refractivity contribution < 1.29 is 14.6 Å². The molecule has 5 aromatic rings. The highest BCUT2D eigenvalue weighted by Gasteiger charge is 2.19. The number of para-hydroxylation sites is 2. The van der Waals surface area contributed by atoms with Crippen molar-refractivity contribution in [3.63, 3.8) is 0 Å². The highest BCUT2D eigenvalue weighted by Crippen LogP contribution is 2.41. The van der Waals surface area contributed by atoms with Crippen LogP contribution in [0.1, 0.15) is 16.7 Å². The van der Waals surface area contributed by atoms with Gasteiger partial charge in [-0.05, 0) is 55.5 Å². The number of nitrogens with zero attached hydrogens (tertiary/aromatic N) is 7. The Balaban J connectivity index is 1.48. The Morgan fingerprint density at radius 3 is 2.18 bits per heavy atom. The summed E-state index contributed by atoms with van der Waals surface area (Å²) < 4.78 is 4.40. The highest BCUT2D eigenvalue weighted by molar-refractivity contribution is 7.94. The van der Waals surface area contributed by atoms with Gasteiger partial charge >= 0.3 is 0 Å². The number of hydrogen-bond acceptors (Lipinski definition) is 14. The first-order valence-electron chi connectivity index (χ1n) is 12.9.